The maximum absolute atomic E-state index is 15.0. The van der Waals surface area contributed by atoms with E-state index in [9.17, 15) is 24.3 Å². The van der Waals surface area contributed by atoms with Crippen molar-refractivity contribution in [3.63, 3.8) is 0 Å². The Kier molecular flexibility index (Phi) is 16.1. The molecule has 2 unspecified atom stereocenters. The lowest BCUT2D eigenvalue weighted by Gasteiger charge is -2.48. The van der Waals surface area contributed by atoms with Crippen LogP contribution in [0, 0.1) is 5.41 Å². The number of esters is 2. The van der Waals surface area contributed by atoms with E-state index >= 15 is 4.79 Å². The van der Waals surface area contributed by atoms with Crippen LogP contribution in [0.2, 0.25) is 0 Å². The summed E-state index contributed by atoms with van der Waals surface area (Å²) in [5, 5.41) is 17.4. The standard InChI is InChI=1S/C49H68N4O11/c1-8-10-12-25-48(26-13-11-9-2)62-40-37-28-49(46(59)50-29-34-15-14-16-35(27-34)44(57)51-36(31-54)22-24-39(56)61-47(3,4)5)42(45(58)60-37)53(64-43(49)41(40)63-48)30-33-19-17-32(18-20-33)21-23-38(55)52(6)7/h14-21,23,27,36-37,40-43,54H,8-13,22,24-26,28-31H2,1-7H3,(H,50,59)(H,51,57)/t36-,37?,40-,41-,42-,43+,49?/m0/s1. The molecule has 0 spiro atoms. The fourth-order valence-electron chi connectivity index (χ4n) is 9.26. The number of carbonyl (C=O) groups is 5. The molecule has 6 rings (SSSR count). The Hall–Kier alpha value is -4.67. The Morgan fingerprint density at radius 2 is 1.66 bits per heavy atom. The molecular formula is C49H68N4O11. The zero-order valence-electron chi connectivity index (χ0n) is 38.6. The molecule has 0 aromatic heterocycles. The van der Waals surface area contributed by atoms with Crippen molar-refractivity contribution in [1.29, 1.82) is 0 Å². The minimum atomic E-state index is -1.40. The SMILES string of the molecule is CCCCCC1(CCCCC)O[C@@H]2[C@H]3ON(Cc4ccc(C=CC(=O)N(C)C)cc4)[C@H]4C(=O)OC(CC34C(=O)NCc3cccc(C(=O)N[C@H](CO)CCC(=O)OC(C)(C)C)c3)[C@@H]2O1. The molecule has 1 aliphatic carbocycles. The molecule has 3 heterocycles. The number of carbonyl (C=O) groups excluding carboxylic acids is 5. The maximum Gasteiger partial charge on any atom is 0.327 e. The first-order valence-electron chi connectivity index (χ1n) is 23.0. The Labute approximate surface area is 377 Å². The normalized spacial score (nSPS) is 25.1. The monoisotopic (exact) mass is 888 g/mol. The molecule has 15 heteroatoms. The molecule has 2 aromatic rings. The van der Waals surface area contributed by atoms with Gasteiger partial charge < -0.3 is 39.6 Å². The van der Waals surface area contributed by atoms with E-state index in [1.54, 1.807) is 70.3 Å². The molecule has 2 bridgehead atoms. The second-order valence-electron chi connectivity index (χ2n) is 18.9. The highest BCUT2D eigenvalue weighted by molar-refractivity contribution is 5.95. The van der Waals surface area contributed by atoms with Crippen LogP contribution < -0.4 is 10.6 Å². The molecule has 350 valence electrons. The predicted octanol–water partition coefficient (Wildman–Crippen LogP) is 5.76. The van der Waals surface area contributed by atoms with E-state index in [1.807, 2.05) is 24.3 Å². The molecule has 4 fully saturated rings. The van der Waals surface area contributed by atoms with Crippen molar-refractivity contribution in [2.45, 2.75) is 166 Å². The largest absolute Gasteiger partial charge is 0.460 e. The van der Waals surface area contributed by atoms with Crippen molar-refractivity contribution >= 4 is 35.7 Å². The van der Waals surface area contributed by atoms with Crippen molar-refractivity contribution in [2.75, 3.05) is 20.7 Å². The van der Waals surface area contributed by atoms with Crippen molar-refractivity contribution in [1.82, 2.24) is 20.6 Å². The van der Waals surface area contributed by atoms with Gasteiger partial charge in [-0.3, -0.25) is 28.8 Å². The van der Waals surface area contributed by atoms with Crippen LogP contribution in [-0.2, 0) is 56.1 Å². The van der Waals surface area contributed by atoms with Crippen molar-refractivity contribution < 1.29 is 52.9 Å². The first-order chi connectivity index (χ1) is 30.5. The minimum Gasteiger partial charge on any atom is -0.460 e. The zero-order valence-corrected chi connectivity index (χ0v) is 38.6. The third-order valence-corrected chi connectivity index (χ3v) is 12.5. The highest BCUT2D eigenvalue weighted by atomic mass is 16.8. The Morgan fingerprint density at radius 3 is 2.30 bits per heavy atom. The second kappa shape index (κ2) is 21.1. The van der Waals surface area contributed by atoms with Crippen LogP contribution in [0.5, 0.6) is 0 Å². The number of nitrogens with zero attached hydrogens (tertiary/aromatic N) is 2. The number of rotatable bonds is 21. The highest BCUT2D eigenvalue weighted by Crippen LogP contribution is 2.58. The molecule has 4 aliphatic rings. The van der Waals surface area contributed by atoms with Crippen LogP contribution in [0.25, 0.3) is 6.08 Å². The number of fused-ring (bicyclic) bond motifs is 4. The van der Waals surface area contributed by atoms with E-state index in [4.69, 9.17) is 23.8 Å². The molecule has 3 amide bonds. The average molecular weight is 889 g/mol. The predicted molar refractivity (Wildman–Crippen MR) is 238 cm³/mol. The summed E-state index contributed by atoms with van der Waals surface area (Å²) in [4.78, 5) is 75.4. The van der Waals surface area contributed by atoms with E-state index in [2.05, 4.69) is 24.5 Å². The van der Waals surface area contributed by atoms with Crippen LogP contribution >= 0.6 is 0 Å². The molecule has 64 heavy (non-hydrogen) atoms. The number of aliphatic hydroxyl groups excluding tert-OH is 1. The summed E-state index contributed by atoms with van der Waals surface area (Å²) in [5.41, 5.74) is 0.527. The third kappa shape index (κ3) is 11.4. The van der Waals surface area contributed by atoms with Crippen LogP contribution in [0.15, 0.2) is 54.6 Å². The Bertz CT molecular complexity index is 1990. The van der Waals surface area contributed by atoms with Gasteiger partial charge in [-0.25, -0.2) is 0 Å². The molecule has 15 nitrogen and oxygen atoms in total. The van der Waals surface area contributed by atoms with E-state index in [0.717, 1.165) is 49.7 Å². The summed E-state index contributed by atoms with van der Waals surface area (Å²) in [6, 6.07) is 12.6. The molecule has 7 atom stereocenters. The number of amides is 3. The fourth-order valence-corrected chi connectivity index (χ4v) is 9.26. The number of likely N-dealkylation sites (N-methyl/N-ethyl adjacent to an activating group) is 1. The second-order valence-corrected chi connectivity index (χ2v) is 18.9. The van der Waals surface area contributed by atoms with Gasteiger partial charge in [-0.1, -0.05) is 75.9 Å². The van der Waals surface area contributed by atoms with Crippen LogP contribution in [0.4, 0.5) is 0 Å². The first kappa shape index (κ1) is 48.8. The van der Waals surface area contributed by atoms with Crippen LogP contribution in [-0.4, -0.2) is 113 Å². The molecule has 3 saturated heterocycles. The van der Waals surface area contributed by atoms with Gasteiger partial charge >= 0.3 is 11.9 Å². The summed E-state index contributed by atoms with van der Waals surface area (Å²) >= 11 is 0. The molecule has 2 aromatic carbocycles. The molecule has 3 aliphatic heterocycles. The van der Waals surface area contributed by atoms with Gasteiger partial charge in [-0.05, 0) is 74.9 Å². The van der Waals surface area contributed by atoms with Crippen LogP contribution in [0.3, 0.4) is 0 Å². The number of benzene rings is 2. The van der Waals surface area contributed by atoms with E-state index in [1.165, 1.54) is 11.0 Å². The average Bonchev–Trinajstić information content (AvgIpc) is 3.81. The smallest absolute Gasteiger partial charge is 0.327 e. The number of ether oxygens (including phenoxy) is 4. The lowest BCUT2D eigenvalue weighted by atomic mass is 9.62. The number of aliphatic hydroxyl groups is 1. The number of hydrogen-bond donors (Lipinski definition) is 3. The van der Waals surface area contributed by atoms with Crippen LogP contribution in [0.1, 0.15) is 132 Å². The van der Waals surface area contributed by atoms with Crippen molar-refractivity contribution in [3.8, 4) is 0 Å². The lowest BCUT2D eigenvalue weighted by molar-refractivity contribution is -0.224. The molecule has 3 N–H and O–H groups in total. The number of hydrogen-bond acceptors (Lipinski definition) is 12. The Morgan fingerprint density at radius 1 is 0.969 bits per heavy atom. The summed E-state index contributed by atoms with van der Waals surface area (Å²) in [5.74, 6) is -2.88. The van der Waals surface area contributed by atoms with Gasteiger partial charge in [-0.15, -0.1) is 0 Å². The molecular weight excluding hydrogens is 821 g/mol. The summed E-state index contributed by atoms with van der Waals surface area (Å²) in [6.45, 7) is 9.46. The van der Waals surface area contributed by atoms with E-state index in [0.29, 0.717) is 24.0 Å². The number of unbranched alkanes of at least 4 members (excludes halogenated alkanes) is 4. The summed E-state index contributed by atoms with van der Waals surface area (Å²) < 4.78 is 25.5. The molecule has 0 radical (unpaired) electrons. The lowest BCUT2D eigenvalue weighted by Crippen LogP contribution is -2.69. The van der Waals surface area contributed by atoms with Gasteiger partial charge in [0, 0.05) is 58.0 Å². The van der Waals surface area contributed by atoms with Gasteiger partial charge in [-0.2, -0.15) is 5.06 Å². The van der Waals surface area contributed by atoms with Gasteiger partial charge in [0.2, 0.25) is 11.8 Å². The molecule has 1 saturated carbocycles. The van der Waals surface area contributed by atoms with Crippen molar-refractivity contribution in [3.05, 3.63) is 76.9 Å². The number of nitrogens with one attached hydrogen (secondary N) is 2. The first-order valence-corrected chi connectivity index (χ1v) is 23.0. The van der Waals surface area contributed by atoms with Gasteiger partial charge in [0.25, 0.3) is 5.91 Å². The maximum atomic E-state index is 15.0. The topological polar surface area (TPSA) is 182 Å². The number of hydroxylamine groups is 2. The zero-order chi connectivity index (χ0) is 46.2. The Balaban J connectivity index is 1.23. The highest BCUT2D eigenvalue weighted by Gasteiger charge is 2.76. The third-order valence-electron chi connectivity index (χ3n) is 12.5. The van der Waals surface area contributed by atoms with Gasteiger partial charge in [0.1, 0.15) is 35.4 Å². The quantitative estimate of drug-likeness (QED) is 0.0785. The van der Waals surface area contributed by atoms with E-state index < -0.39 is 77.1 Å². The fraction of sp³-hybridized carbons (Fsp3) is 0.612. The van der Waals surface area contributed by atoms with E-state index in [-0.39, 0.29) is 44.9 Å². The summed E-state index contributed by atoms with van der Waals surface area (Å²) in [7, 11) is 3.37. The van der Waals surface area contributed by atoms with Crippen molar-refractivity contribution in [2.24, 2.45) is 5.41 Å². The minimum absolute atomic E-state index is 0.0238. The van der Waals surface area contributed by atoms with Gasteiger partial charge in [0.05, 0.1) is 19.2 Å². The van der Waals surface area contributed by atoms with Gasteiger partial charge in [0.15, 0.2) is 11.8 Å². The summed E-state index contributed by atoms with van der Waals surface area (Å²) in [6.07, 6.45) is 7.90.